The number of hydrogen-bond acceptors (Lipinski definition) is 7. The van der Waals surface area contributed by atoms with E-state index in [9.17, 15) is 13.6 Å². The van der Waals surface area contributed by atoms with Gasteiger partial charge in [0.2, 0.25) is 5.88 Å². The Kier molecular flexibility index (Phi) is 7.93. The fraction of sp³-hybridized carbons (Fsp3) is 0.214. The van der Waals surface area contributed by atoms with E-state index < -0.39 is 9.84 Å². The average Bonchev–Trinajstić information content (AvgIpc) is 2.91. The lowest BCUT2D eigenvalue weighted by atomic mass is 9.87. The molecule has 192 valence electrons. The van der Waals surface area contributed by atoms with Gasteiger partial charge in [0.25, 0.3) is 0 Å². The zero-order chi connectivity index (χ0) is 26.4. The second-order valence-electron chi connectivity index (χ2n) is 8.58. The van der Waals surface area contributed by atoms with Gasteiger partial charge < -0.3 is 19.4 Å². The maximum absolute atomic E-state index is 11.8. The van der Waals surface area contributed by atoms with Crippen LogP contribution >= 0.6 is 0 Å². The lowest BCUT2D eigenvalue weighted by Crippen LogP contribution is -2.24. The van der Waals surface area contributed by atoms with E-state index in [1.807, 2.05) is 30.3 Å². The minimum atomic E-state index is -3.29. The first kappa shape index (κ1) is 26.0. The fourth-order valence-electron chi connectivity index (χ4n) is 4.02. The second kappa shape index (κ2) is 11.3. The van der Waals surface area contributed by atoms with Crippen LogP contribution in [0.3, 0.4) is 0 Å². The number of pyridine rings is 2. The van der Waals surface area contributed by atoms with E-state index in [4.69, 9.17) is 14.2 Å². The van der Waals surface area contributed by atoms with Gasteiger partial charge in [0.05, 0.1) is 19.1 Å². The lowest BCUT2D eigenvalue weighted by molar-refractivity contribution is -0.605. The van der Waals surface area contributed by atoms with Crippen molar-refractivity contribution in [2.24, 2.45) is 0 Å². The Bertz CT molecular complexity index is 1460. The molecule has 2 aromatic carbocycles. The highest BCUT2D eigenvalue weighted by Crippen LogP contribution is 2.35. The van der Waals surface area contributed by atoms with Crippen LogP contribution in [-0.2, 0) is 22.9 Å². The van der Waals surface area contributed by atoms with Crippen molar-refractivity contribution in [3.05, 3.63) is 113 Å². The molecule has 9 heteroatoms. The molecule has 37 heavy (non-hydrogen) atoms. The molecule has 0 amide bonds. The second-order valence-corrected chi connectivity index (χ2v) is 10.6. The highest BCUT2D eigenvalue weighted by atomic mass is 32.2. The molecular formula is C28H28N2O6S. The lowest BCUT2D eigenvalue weighted by Gasteiger charge is -2.20. The Balaban J connectivity index is 1.58. The molecule has 0 aliphatic rings. The predicted molar refractivity (Wildman–Crippen MR) is 139 cm³/mol. The van der Waals surface area contributed by atoms with Crippen LogP contribution in [0.1, 0.15) is 28.2 Å². The number of aromatic nitrogens is 2. The van der Waals surface area contributed by atoms with Gasteiger partial charge in [0, 0.05) is 36.6 Å². The summed E-state index contributed by atoms with van der Waals surface area (Å²) in [7, 11) is -0.102. The van der Waals surface area contributed by atoms with Crippen LogP contribution in [0.2, 0.25) is 0 Å². The molecule has 0 aliphatic heterocycles. The summed E-state index contributed by atoms with van der Waals surface area (Å²) in [6.45, 7) is 0.189. The van der Waals surface area contributed by atoms with E-state index >= 15 is 0 Å². The van der Waals surface area contributed by atoms with E-state index in [1.54, 1.807) is 56.8 Å². The SMILES string of the molecule is COc1ccc(C(Cc2cc[n+]([O-])cc2)c2ccc(OCc3cccc(S(C)(=O)=O)c3)nc2)cc1OC. The van der Waals surface area contributed by atoms with Gasteiger partial charge in [0.1, 0.15) is 6.61 Å². The average molecular weight is 521 g/mol. The molecule has 0 radical (unpaired) electrons. The number of rotatable bonds is 10. The molecule has 2 heterocycles. The molecule has 0 bridgehead atoms. The Morgan fingerprint density at radius 1 is 0.892 bits per heavy atom. The topological polar surface area (TPSA) is 102 Å². The molecule has 0 fully saturated rings. The zero-order valence-electron chi connectivity index (χ0n) is 20.8. The number of nitrogens with zero attached hydrogens (tertiary/aromatic N) is 2. The molecule has 2 aromatic heterocycles. The summed E-state index contributed by atoms with van der Waals surface area (Å²) in [4.78, 5) is 4.74. The first-order valence-corrected chi connectivity index (χ1v) is 13.4. The van der Waals surface area contributed by atoms with Crippen LogP contribution in [0.4, 0.5) is 0 Å². The summed E-state index contributed by atoms with van der Waals surface area (Å²) in [5.74, 6) is 1.61. The van der Waals surface area contributed by atoms with E-state index in [0.29, 0.717) is 23.8 Å². The van der Waals surface area contributed by atoms with Crippen LogP contribution < -0.4 is 18.9 Å². The van der Waals surface area contributed by atoms with Crippen LogP contribution in [0.5, 0.6) is 17.4 Å². The fourth-order valence-corrected chi connectivity index (χ4v) is 4.71. The van der Waals surface area contributed by atoms with Gasteiger partial charge in [-0.2, -0.15) is 4.73 Å². The molecule has 0 aliphatic carbocycles. The summed E-state index contributed by atoms with van der Waals surface area (Å²) in [5, 5.41) is 11.5. The monoisotopic (exact) mass is 520 g/mol. The summed E-state index contributed by atoms with van der Waals surface area (Å²) in [6.07, 6.45) is 6.54. The highest BCUT2D eigenvalue weighted by Gasteiger charge is 2.19. The van der Waals surface area contributed by atoms with E-state index in [2.05, 4.69) is 4.98 Å². The Labute approximate surface area is 216 Å². The summed E-state index contributed by atoms with van der Waals surface area (Å²) in [5.41, 5.74) is 3.69. The first-order valence-electron chi connectivity index (χ1n) is 11.5. The van der Waals surface area contributed by atoms with Crippen LogP contribution in [0.25, 0.3) is 0 Å². The zero-order valence-corrected chi connectivity index (χ0v) is 21.6. The third-order valence-electron chi connectivity index (χ3n) is 6.00. The minimum absolute atomic E-state index is 0.0738. The molecule has 4 rings (SSSR count). The van der Waals surface area contributed by atoms with E-state index in [-0.39, 0.29) is 17.4 Å². The molecule has 1 atom stereocenters. The maximum Gasteiger partial charge on any atom is 0.213 e. The molecule has 0 saturated carbocycles. The first-order chi connectivity index (χ1) is 17.8. The number of benzene rings is 2. The van der Waals surface area contributed by atoms with Crippen molar-refractivity contribution in [3.63, 3.8) is 0 Å². The van der Waals surface area contributed by atoms with Crippen molar-refractivity contribution < 1.29 is 27.4 Å². The predicted octanol–water partition coefficient (Wildman–Crippen LogP) is 4.09. The van der Waals surface area contributed by atoms with Crippen molar-refractivity contribution >= 4 is 9.84 Å². The van der Waals surface area contributed by atoms with Gasteiger partial charge in [-0.15, -0.1) is 0 Å². The standard InChI is InChI=1S/C28H28N2O6S/c1-34-26-9-7-22(17-27(26)35-2)25(16-20-11-13-30(31)14-12-20)23-8-10-28(29-18-23)36-19-21-5-4-6-24(15-21)37(3,32)33/h4-15,17-18,25H,16,19H2,1-3H3. The summed E-state index contributed by atoms with van der Waals surface area (Å²) < 4.78 is 41.1. The molecule has 4 aromatic rings. The quantitative estimate of drug-likeness (QED) is 0.229. The van der Waals surface area contributed by atoms with E-state index in [1.165, 1.54) is 18.6 Å². The maximum atomic E-state index is 11.8. The third-order valence-corrected chi connectivity index (χ3v) is 7.11. The third kappa shape index (κ3) is 6.56. The van der Waals surface area contributed by atoms with Crippen molar-refractivity contribution in [1.29, 1.82) is 0 Å². The number of sulfone groups is 1. The number of methoxy groups -OCH3 is 2. The number of hydrogen-bond donors (Lipinski definition) is 0. The summed E-state index contributed by atoms with van der Waals surface area (Å²) >= 11 is 0. The van der Waals surface area contributed by atoms with Crippen molar-refractivity contribution in [2.75, 3.05) is 20.5 Å². The van der Waals surface area contributed by atoms with Gasteiger partial charge >= 0.3 is 0 Å². The smallest absolute Gasteiger partial charge is 0.213 e. The number of ether oxygens (including phenoxy) is 3. The van der Waals surface area contributed by atoms with Gasteiger partial charge in [-0.25, -0.2) is 13.4 Å². The molecule has 0 saturated heterocycles. The minimum Gasteiger partial charge on any atom is -0.619 e. The molecule has 0 N–H and O–H groups in total. The molecular weight excluding hydrogens is 492 g/mol. The Hall–Kier alpha value is -4.11. The molecule has 8 nitrogen and oxygen atoms in total. The molecule has 0 spiro atoms. The van der Waals surface area contributed by atoms with Crippen LogP contribution in [0.15, 0.2) is 90.2 Å². The van der Waals surface area contributed by atoms with Crippen LogP contribution in [-0.4, -0.2) is 33.9 Å². The van der Waals surface area contributed by atoms with Crippen molar-refractivity contribution in [3.8, 4) is 17.4 Å². The normalized spacial score (nSPS) is 12.1. The van der Waals surface area contributed by atoms with Gasteiger partial charge in [0.15, 0.2) is 33.7 Å². The van der Waals surface area contributed by atoms with Crippen LogP contribution in [0, 0.1) is 5.21 Å². The Morgan fingerprint density at radius 3 is 2.27 bits per heavy atom. The Morgan fingerprint density at radius 2 is 1.62 bits per heavy atom. The van der Waals surface area contributed by atoms with Gasteiger partial charge in [-0.3, -0.25) is 0 Å². The summed E-state index contributed by atoms with van der Waals surface area (Å²) in [6, 6.07) is 19.8. The molecule has 1 unspecified atom stereocenters. The highest BCUT2D eigenvalue weighted by molar-refractivity contribution is 7.90. The van der Waals surface area contributed by atoms with E-state index in [0.717, 1.165) is 27.0 Å². The van der Waals surface area contributed by atoms with Gasteiger partial charge in [-0.05, 0) is 52.9 Å². The van der Waals surface area contributed by atoms with Crippen molar-refractivity contribution in [1.82, 2.24) is 4.98 Å². The van der Waals surface area contributed by atoms with Crippen molar-refractivity contribution in [2.45, 2.75) is 23.8 Å². The largest absolute Gasteiger partial charge is 0.619 e. The van der Waals surface area contributed by atoms with Gasteiger partial charge in [-0.1, -0.05) is 24.3 Å².